The molecule has 0 bridgehead atoms. The number of benzene rings is 2. The molecule has 1 amide bonds. The van der Waals surface area contributed by atoms with Crippen LogP contribution in [-0.4, -0.2) is 31.1 Å². The summed E-state index contributed by atoms with van der Waals surface area (Å²) in [6.07, 6.45) is 0.252. The van der Waals surface area contributed by atoms with Gasteiger partial charge < -0.3 is 20.1 Å². The molecule has 0 saturated heterocycles. The summed E-state index contributed by atoms with van der Waals surface area (Å²) in [7, 11) is 1.68. The number of likely N-dealkylation sites (N-methyl/N-ethyl adjacent to an activating group) is 1. The maximum absolute atomic E-state index is 12.5. The van der Waals surface area contributed by atoms with Crippen LogP contribution in [0.15, 0.2) is 42.5 Å². The molecule has 5 nitrogen and oxygen atoms in total. The zero-order valence-electron chi connectivity index (χ0n) is 14.7. The van der Waals surface area contributed by atoms with E-state index >= 15 is 0 Å². The molecule has 0 aliphatic carbocycles. The minimum absolute atomic E-state index is 0.0264. The van der Waals surface area contributed by atoms with Crippen molar-refractivity contribution >= 4 is 11.6 Å². The summed E-state index contributed by atoms with van der Waals surface area (Å²) in [5.41, 5.74) is 7.90. The highest BCUT2D eigenvalue weighted by Gasteiger charge is 2.14. The van der Waals surface area contributed by atoms with Gasteiger partial charge in [0.05, 0.1) is 13.0 Å². The molecule has 0 radical (unpaired) electrons. The van der Waals surface area contributed by atoms with Crippen molar-refractivity contribution in [2.75, 3.05) is 19.4 Å². The van der Waals surface area contributed by atoms with Crippen LogP contribution in [0.4, 0.5) is 14.5 Å². The Morgan fingerprint density at radius 2 is 1.77 bits per heavy atom. The molecule has 26 heavy (non-hydrogen) atoms. The van der Waals surface area contributed by atoms with E-state index in [9.17, 15) is 13.6 Å². The highest BCUT2D eigenvalue weighted by atomic mass is 19.3. The van der Waals surface area contributed by atoms with Crippen LogP contribution in [0.3, 0.4) is 0 Å². The number of anilines is 1. The SMILES string of the molecule is CCOc1cc(CN(C)C(=O)Cc2ccc(N)cc2)ccc1OC(F)F. The van der Waals surface area contributed by atoms with E-state index < -0.39 is 6.61 Å². The topological polar surface area (TPSA) is 64.8 Å². The van der Waals surface area contributed by atoms with Gasteiger partial charge in [-0.15, -0.1) is 0 Å². The summed E-state index contributed by atoms with van der Waals surface area (Å²) >= 11 is 0. The number of carbonyl (C=O) groups excluding carboxylic acids is 1. The number of nitrogens with zero attached hydrogens (tertiary/aromatic N) is 1. The molecule has 2 aromatic rings. The first-order chi connectivity index (χ1) is 12.4. The minimum atomic E-state index is -2.93. The summed E-state index contributed by atoms with van der Waals surface area (Å²) in [6.45, 7) is -0.539. The lowest BCUT2D eigenvalue weighted by Gasteiger charge is -2.19. The van der Waals surface area contributed by atoms with E-state index in [-0.39, 0.29) is 23.8 Å². The van der Waals surface area contributed by atoms with E-state index in [1.165, 1.54) is 6.07 Å². The Labute approximate surface area is 151 Å². The predicted octanol–water partition coefficient (Wildman–Crippen LogP) is 3.47. The van der Waals surface area contributed by atoms with Crippen LogP contribution in [-0.2, 0) is 17.8 Å². The van der Waals surface area contributed by atoms with Crippen LogP contribution in [0.5, 0.6) is 11.5 Å². The van der Waals surface area contributed by atoms with Crippen molar-refractivity contribution in [3.05, 3.63) is 53.6 Å². The molecule has 0 fully saturated rings. The largest absolute Gasteiger partial charge is 0.490 e. The average molecular weight is 364 g/mol. The Morgan fingerprint density at radius 3 is 2.38 bits per heavy atom. The second-order valence-electron chi connectivity index (χ2n) is 5.76. The lowest BCUT2D eigenvalue weighted by molar-refractivity contribution is -0.129. The lowest BCUT2D eigenvalue weighted by atomic mass is 10.1. The summed E-state index contributed by atoms with van der Waals surface area (Å²) in [5, 5.41) is 0. The van der Waals surface area contributed by atoms with Crippen molar-refractivity contribution in [1.82, 2.24) is 4.90 Å². The van der Waals surface area contributed by atoms with Crippen LogP contribution in [0.2, 0.25) is 0 Å². The Hall–Kier alpha value is -2.83. The first-order valence-electron chi connectivity index (χ1n) is 8.18. The zero-order chi connectivity index (χ0) is 19.1. The van der Waals surface area contributed by atoms with Crippen molar-refractivity contribution in [2.45, 2.75) is 26.5 Å². The number of halogens is 2. The van der Waals surface area contributed by atoms with Crippen molar-refractivity contribution in [3.63, 3.8) is 0 Å². The maximum atomic E-state index is 12.5. The van der Waals surface area contributed by atoms with Crippen LogP contribution < -0.4 is 15.2 Å². The molecule has 0 heterocycles. The van der Waals surface area contributed by atoms with Gasteiger partial charge in [-0.05, 0) is 42.3 Å². The fourth-order valence-electron chi connectivity index (χ4n) is 2.42. The molecular formula is C19H22F2N2O3. The van der Waals surface area contributed by atoms with Gasteiger partial charge in [0.25, 0.3) is 0 Å². The van der Waals surface area contributed by atoms with E-state index in [1.54, 1.807) is 43.1 Å². The third kappa shape index (κ3) is 5.61. The van der Waals surface area contributed by atoms with Gasteiger partial charge in [0.1, 0.15) is 0 Å². The first-order valence-corrected chi connectivity index (χ1v) is 8.18. The Balaban J connectivity index is 2.04. The Bertz CT molecular complexity index is 736. The second kappa shape index (κ2) is 9.03. The minimum Gasteiger partial charge on any atom is -0.490 e. The molecule has 0 saturated carbocycles. The van der Waals surface area contributed by atoms with Crippen molar-refractivity contribution in [1.29, 1.82) is 0 Å². The summed E-state index contributed by atoms with van der Waals surface area (Å²) < 4.78 is 34.7. The number of alkyl halides is 2. The molecule has 2 aromatic carbocycles. The third-order valence-corrected chi connectivity index (χ3v) is 3.70. The summed E-state index contributed by atoms with van der Waals surface area (Å²) in [4.78, 5) is 13.9. The number of ether oxygens (including phenoxy) is 2. The molecule has 2 N–H and O–H groups in total. The van der Waals surface area contributed by atoms with Crippen LogP contribution >= 0.6 is 0 Å². The van der Waals surface area contributed by atoms with Gasteiger partial charge in [0, 0.05) is 19.3 Å². The van der Waals surface area contributed by atoms with Gasteiger partial charge in [-0.3, -0.25) is 4.79 Å². The molecule has 0 atom stereocenters. The number of nitrogens with two attached hydrogens (primary N) is 1. The van der Waals surface area contributed by atoms with Crippen molar-refractivity contribution < 1.29 is 23.0 Å². The molecule has 2 rings (SSSR count). The number of hydrogen-bond acceptors (Lipinski definition) is 4. The second-order valence-corrected chi connectivity index (χ2v) is 5.76. The quantitative estimate of drug-likeness (QED) is 0.729. The fraction of sp³-hybridized carbons (Fsp3) is 0.316. The molecule has 0 aromatic heterocycles. The number of carbonyl (C=O) groups is 1. The highest BCUT2D eigenvalue weighted by Crippen LogP contribution is 2.30. The number of hydrogen-bond donors (Lipinski definition) is 1. The summed E-state index contributed by atoms with van der Waals surface area (Å²) in [6, 6.07) is 11.8. The smallest absolute Gasteiger partial charge is 0.387 e. The molecule has 0 unspecified atom stereocenters. The third-order valence-electron chi connectivity index (χ3n) is 3.70. The standard InChI is InChI=1S/C19H22F2N2O3/c1-3-25-17-10-14(6-9-16(17)26-19(20)21)12-23(2)18(24)11-13-4-7-15(22)8-5-13/h4-10,19H,3,11-12,22H2,1-2H3. The van der Waals surface area contributed by atoms with Gasteiger partial charge >= 0.3 is 6.61 Å². The van der Waals surface area contributed by atoms with E-state index in [0.717, 1.165) is 11.1 Å². The van der Waals surface area contributed by atoms with E-state index in [4.69, 9.17) is 10.5 Å². The molecule has 0 aliphatic heterocycles. The highest BCUT2D eigenvalue weighted by molar-refractivity contribution is 5.78. The maximum Gasteiger partial charge on any atom is 0.387 e. The number of rotatable bonds is 8. The van der Waals surface area contributed by atoms with Crippen LogP contribution in [0.1, 0.15) is 18.1 Å². The zero-order valence-corrected chi connectivity index (χ0v) is 14.7. The number of nitrogen functional groups attached to an aromatic ring is 1. The van der Waals surface area contributed by atoms with Gasteiger partial charge in [-0.1, -0.05) is 18.2 Å². The Morgan fingerprint density at radius 1 is 1.12 bits per heavy atom. The van der Waals surface area contributed by atoms with Crippen molar-refractivity contribution in [3.8, 4) is 11.5 Å². The van der Waals surface area contributed by atoms with E-state index in [0.29, 0.717) is 18.8 Å². The molecular weight excluding hydrogens is 342 g/mol. The van der Waals surface area contributed by atoms with E-state index in [1.807, 2.05) is 12.1 Å². The van der Waals surface area contributed by atoms with Gasteiger partial charge in [0.2, 0.25) is 5.91 Å². The fourth-order valence-corrected chi connectivity index (χ4v) is 2.42. The van der Waals surface area contributed by atoms with E-state index in [2.05, 4.69) is 4.74 Å². The van der Waals surface area contributed by atoms with Gasteiger partial charge in [-0.25, -0.2) is 0 Å². The molecule has 0 aliphatic rings. The predicted molar refractivity (Wildman–Crippen MR) is 95.3 cm³/mol. The van der Waals surface area contributed by atoms with Gasteiger partial charge in [0.15, 0.2) is 11.5 Å². The normalized spacial score (nSPS) is 10.7. The molecule has 0 spiro atoms. The monoisotopic (exact) mass is 364 g/mol. The lowest BCUT2D eigenvalue weighted by Crippen LogP contribution is -2.27. The number of amides is 1. The molecule has 140 valence electrons. The summed E-state index contributed by atoms with van der Waals surface area (Å²) in [5.74, 6) is 0.131. The Kier molecular flexibility index (Phi) is 6.77. The first kappa shape index (κ1) is 19.5. The van der Waals surface area contributed by atoms with Crippen LogP contribution in [0, 0.1) is 0 Å². The van der Waals surface area contributed by atoms with Crippen LogP contribution in [0.25, 0.3) is 0 Å². The van der Waals surface area contributed by atoms with Crippen molar-refractivity contribution in [2.24, 2.45) is 0 Å². The van der Waals surface area contributed by atoms with Gasteiger partial charge in [-0.2, -0.15) is 8.78 Å². The molecule has 7 heteroatoms. The average Bonchev–Trinajstić information content (AvgIpc) is 2.59.